The molecule has 1 saturated carbocycles. The number of piperidine rings is 1. The number of hydrogen-bond acceptors (Lipinski definition) is 12. The quantitative estimate of drug-likeness (QED) is 0.0505. The average molecular weight is 1240 g/mol. The van der Waals surface area contributed by atoms with Gasteiger partial charge in [-0.3, -0.25) is 38.3 Å². The van der Waals surface area contributed by atoms with Crippen molar-refractivity contribution in [1.82, 2.24) is 38.5 Å². The number of benzene rings is 2. The van der Waals surface area contributed by atoms with E-state index in [1.807, 2.05) is 74.3 Å². The second-order valence-corrected chi connectivity index (χ2v) is 28.4. The number of rotatable bonds is 22. The number of aliphatic carboxylic acids is 1. The Kier molecular flexibility index (Phi) is 20.5. The number of sulfonamides is 1. The van der Waals surface area contributed by atoms with Crippen molar-refractivity contribution in [3.63, 3.8) is 0 Å². The fourth-order valence-electron chi connectivity index (χ4n) is 13.5. The number of piperazine rings is 2. The van der Waals surface area contributed by atoms with Crippen LogP contribution in [0.15, 0.2) is 77.9 Å². The van der Waals surface area contributed by atoms with Crippen LogP contribution >= 0.6 is 23.2 Å². The predicted molar refractivity (Wildman–Crippen MR) is 334 cm³/mol. The van der Waals surface area contributed by atoms with E-state index in [0.717, 1.165) is 92.1 Å². The highest BCUT2D eigenvalue weighted by Crippen LogP contribution is 2.53. The van der Waals surface area contributed by atoms with Gasteiger partial charge in [0.05, 0.1) is 53.5 Å². The van der Waals surface area contributed by atoms with Gasteiger partial charge in [0.1, 0.15) is 11.5 Å². The number of unbranched alkanes of at least 4 members (excludes halogenated alkanes) is 5. The van der Waals surface area contributed by atoms with E-state index in [9.17, 15) is 37.5 Å². The first-order valence-electron chi connectivity index (χ1n) is 30.6. The Hall–Kier alpha value is -6.28. The number of likely N-dealkylation sites (tertiary alicyclic amines) is 1. The average Bonchev–Trinajstić information content (AvgIpc) is 1.04. The monoisotopic (exact) mass is 1240 g/mol. The third kappa shape index (κ3) is 14.8. The summed E-state index contributed by atoms with van der Waals surface area (Å²) in [6.45, 7) is 14.0. The number of carbonyl (C=O) groups excluding carboxylic acids is 4. The zero-order valence-corrected chi connectivity index (χ0v) is 52.9. The zero-order valence-electron chi connectivity index (χ0n) is 50.6. The summed E-state index contributed by atoms with van der Waals surface area (Å²) in [4.78, 5) is 102. The Morgan fingerprint density at radius 2 is 1.38 bits per heavy atom. The molecule has 2 aromatic carbocycles. The summed E-state index contributed by atoms with van der Waals surface area (Å²) in [5, 5.41) is 11.9. The Labute approximate surface area is 515 Å². The molecule has 9 rings (SSSR count). The lowest BCUT2D eigenvalue weighted by Gasteiger charge is -2.54. The molecule has 1 aliphatic carbocycles. The number of carbonyl (C=O) groups is 5. The van der Waals surface area contributed by atoms with Crippen LogP contribution < -0.4 is 10.5 Å². The molecule has 86 heavy (non-hydrogen) atoms. The van der Waals surface area contributed by atoms with Gasteiger partial charge in [0.25, 0.3) is 5.56 Å². The van der Waals surface area contributed by atoms with Crippen molar-refractivity contribution in [3.8, 4) is 0 Å². The van der Waals surface area contributed by atoms with Gasteiger partial charge in [0.15, 0.2) is 5.78 Å². The summed E-state index contributed by atoms with van der Waals surface area (Å²) < 4.78 is 32.4. The summed E-state index contributed by atoms with van der Waals surface area (Å²) in [7, 11) is -4.02. The van der Waals surface area contributed by atoms with E-state index in [1.165, 1.54) is 11.2 Å². The van der Waals surface area contributed by atoms with E-state index in [0.29, 0.717) is 72.5 Å². The van der Waals surface area contributed by atoms with Gasteiger partial charge in [-0.05, 0) is 104 Å². The highest BCUT2D eigenvalue weighted by Gasteiger charge is 2.55. The summed E-state index contributed by atoms with van der Waals surface area (Å²) in [6, 6.07) is 16.9. The molecule has 3 amide bonds. The molecular formula is C65H83Cl2N9O9S. The van der Waals surface area contributed by atoms with Crippen LogP contribution in [0.25, 0.3) is 11.0 Å². The number of pyridine rings is 2. The molecule has 0 bridgehead atoms. The number of nitrogens with zero attached hydrogens (tertiary/aromatic N) is 9. The van der Waals surface area contributed by atoms with Crippen molar-refractivity contribution in [3.05, 3.63) is 127 Å². The fourth-order valence-corrected chi connectivity index (χ4v) is 15.8. The fraction of sp³-hybridized carbons (Fsp3) is 0.554. The van der Waals surface area contributed by atoms with Gasteiger partial charge in [-0.15, -0.1) is 0 Å². The number of fused-ring (bicyclic) bond motifs is 1. The third-order valence-corrected chi connectivity index (χ3v) is 20.7. The number of anilines is 1. The van der Waals surface area contributed by atoms with Crippen molar-refractivity contribution in [2.75, 3.05) is 63.0 Å². The maximum atomic E-state index is 15.1. The van der Waals surface area contributed by atoms with Crippen molar-refractivity contribution >= 4 is 79.4 Å². The number of carboxylic acids is 1. The standard InChI is InChI=1S/C65H83Cl2N9O9S/c1-43-53-41-69-55(70-61(53)75(50-18-13-14-19-50)62(82)59(43)44(2)77)37-49-26-27-51(40-68-49)71-28-30-72(31-29-71)56(78)20-11-9-7-8-10-12-21-57(79)73-32-34-74(35-33-73)86(84,85)42-54(64(3,4)5)76-60(45-22-24-47(66)25-23-45)52(46-16-15-17-48(67)36-46)38-65(6,63(76)83)39-58(80)81/h15-17,22-27,36,40-41,50,52,54,60H,7-14,18-21,28-35,37-39,42H2,1-6H3,(H,80,81)/t52-,54-,60-,65-/m1/s1. The molecule has 462 valence electrons. The summed E-state index contributed by atoms with van der Waals surface area (Å²) in [6.07, 6.45) is 13.6. The van der Waals surface area contributed by atoms with E-state index in [2.05, 4.69) is 9.88 Å². The molecule has 21 heteroatoms. The lowest BCUT2D eigenvalue weighted by molar-refractivity contribution is -0.162. The highest BCUT2D eigenvalue weighted by molar-refractivity contribution is 7.89. The number of carboxylic acid groups (broad SMARTS) is 1. The zero-order chi connectivity index (χ0) is 61.7. The first-order chi connectivity index (χ1) is 40.9. The lowest BCUT2D eigenvalue weighted by atomic mass is 9.66. The maximum Gasteiger partial charge on any atom is 0.304 e. The molecule has 6 heterocycles. The maximum absolute atomic E-state index is 15.1. The van der Waals surface area contributed by atoms with Crippen molar-refractivity contribution in [1.29, 1.82) is 0 Å². The van der Waals surface area contributed by atoms with Crippen molar-refractivity contribution in [2.24, 2.45) is 10.8 Å². The normalized spacial score (nSPS) is 20.4. The Morgan fingerprint density at radius 1 is 0.767 bits per heavy atom. The molecule has 4 fully saturated rings. The van der Waals surface area contributed by atoms with Crippen LogP contribution in [0, 0.1) is 17.8 Å². The topological polar surface area (TPSA) is 217 Å². The number of Topliss-reactive ketones (excluding diaryl/α,β-unsaturated/α-hetero) is 1. The van der Waals surface area contributed by atoms with E-state index < -0.39 is 62.9 Å². The Morgan fingerprint density at radius 3 is 1.95 bits per heavy atom. The van der Waals surface area contributed by atoms with Crippen molar-refractivity contribution < 1.29 is 37.5 Å². The van der Waals surface area contributed by atoms with Gasteiger partial charge >= 0.3 is 5.97 Å². The van der Waals surface area contributed by atoms with Crippen LogP contribution in [0.2, 0.25) is 10.0 Å². The van der Waals surface area contributed by atoms with Gasteiger partial charge in [-0.25, -0.2) is 18.4 Å². The second kappa shape index (κ2) is 27.4. The van der Waals surface area contributed by atoms with E-state index in [-0.39, 0.29) is 67.4 Å². The van der Waals surface area contributed by atoms with Crippen LogP contribution in [0.5, 0.6) is 0 Å². The Bertz CT molecular complexity index is 3460. The second-order valence-electron chi connectivity index (χ2n) is 25.5. The molecule has 1 N–H and O–H groups in total. The first kappa shape index (κ1) is 64.2. The minimum Gasteiger partial charge on any atom is -0.481 e. The van der Waals surface area contributed by atoms with E-state index in [4.69, 9.17) is 33.2 Å². The lowest BCUT2D eigenvalue weighted by Crippen LogP contribution is -2.61. The number of amides is 3. The number of aromatic nitrogens is 4. The molecule has 0 spiro atoms. The van der Waals surface area contributed by atoms with Crippen LogP contribution in [0.3, 0.4) is 0 Å². The van der Waals surface area contributed by atoms with Gasteiger partial charge in [-0.2, -0.15) is 4.31 Å². The molecule has 5 aromatic rings. The molecule has 3 saturated heterocycles. The van der Waals surface area contributed by atoms with Crippen LogP contribution in [0.4, 0.5) is 5.69 Å². The summed E-state index contributed by atoms with van der Waals surface area (Å²) in [5.41, 5.74) is 2.30. The summed E-state index contributed by atoms with van der Waals surface area (Å²) >= 11 is 12.9. The molecule has 18 nitrogen and oxygen atoms in total. The molecule has 4 aliphatic rings. The van der Waals surface area contributed by atoms with Gasteiger partial charge < -0.3 is 24.7 Å². The predicted octanol–water partition coefficient (Wildman–Crippen LogP) is 10.6. The Balaban J connectivity index is 0.699. The van der Waals surface area contributed by atoms with Gasteiger partial charge in [-0.1, -0.05) is 114 Å². The third-order valence-electron chi connectivity index (χ3n) is 18.3. The van der Waals surface area contributed by atoms with Crippen molar-refractivity contribution in [2.45, 2.75) is 162 Å². The van der Waals surface area contributed by atoms with Crippen LogP contribution in [0.1, 0.15) is 181 Å². The molecule has 0 unspecified atom stereocenters. The summed E-state index contributed by atoms with van der Waals surface area (Å²) in [5.74, 6) is -1.94. The first-order valence-corrected chi connectivity index (χ1v) is 33.0. The largest absolute Gasteiger partial charge is 0.481 e. The van der Waals surface area contributed by atoms with Crippen LogP contribution in [-0.2, 0) is 35.6 Å². The number of halogens is 2. The molecule has 3 aromatic heterocycles. The molecular weight excluding hydrogens is 1150 g/mol. The minimum absolute atomic E-state index is 0.00671. The van der Waals surface area contributed by atoms with E-state index in [1.54, 1.807) is 52.6 Å². The molecule has 0 radical (unpaired) electrons. The highest BCUT2D eigenvalue weighted by atomic mass is 35.5. The number of ketones is 1. The minimum atomic E-state index is -4.02. The number of hydrogen-bond donors (Lipinski definition) is 1. The van der Waals surface area contributed by atoms with Crippen LogP contribution in [-0.4, -0.2) is 146 Å². The number of aryl methyl sites for hydroxylation is 1. The van der Waals surface area contributed by atoms with E-state index >= 15 is 4.79 Å². The molecule has 3 aliphatic heterocycles. The molecule has 4 atom stereocenters. The van der Waals surface area contributed by atoms with Gasteiger partial charge in [0, 0.05) is 104 Å². The van der Waals surface area contributed by atoms with Gasteiger partial charge in [0.2, 0.25) is 27.7 Å². The smallest absolute Gasteiger partial charge is 0.304 e. The SMILES string of the molecule is CC(=O)c1c(C)c2cnc(Cc3ccc(N4CCN(C(=O)CCCCCCCCC(=O)N5CCN(S(=O)(=O)C[C@@H](N6C(=O)[C@@](C)(CC(=O)O)C[C@H](c7cccc(Cl)c7)[C@H]6c6ccc(Cl)cc6)C(C)(C)C)CC5)CC4)cn3)nc2n(C2CCCC2)c1=O.